The second-order valence-corrected chi connectivity index (χ2v) is 6.89. The van der Waals surface area contributed by atoms with Crippen LogP contribution in [0.3, 0.4) is 0 Å². The molecule has 3 aromatic rings. The highest BCUT2D eigenvalue weighted by atomic mass is 32.2. The normalized spacial score (nSPS) is 10.9. The Morgan fingerprint density at radius 3 is 2.61 bits per heavy atom. The average molecular weight is 404 g/mol. The molecule has 3 rings (SSSR count). The summed E-state index contributed by atoms with van der Waals surface area (Å²) >= 11 is 1.20. The second-order valence-electron chi connectivity index (χ2n) is 5.94. The number of amides is 1. The van der Waals surface area contributed by atoms with Crippen LogP contribution in [-0.4, -0.2) is 33.0 Å². The van der Waals surface area contributed by atoms with Crippen molar-refractivity contribution in [1.29, 1.82) is 0 Å². The number of nitrogens with one attached hydrogen (secondary N) is 1. The first-order valence-corrected chi connectivity index (χ1v) is 9.35. The molecule has 2 aromatic carbocycles. The summed E-state index contributed by atoms with van der Waals surface area (Å²) in [6, 6.07) is 13.9. The number of alkyl halides is 2. The van der Waals surface area contributed by atoms with Crippen LogP contribution in [-0.2, 0) is 11.8 Å². The fraction of sp³-hybridized carbons (Fsp3) is 0.211. The van der Waals surface area contributed by atoms with Gasteiger partial charge in [-0.1, -0.05) is 53.7 Å². The van der Waals surface area contributed by atoms with Gasteiger partial charge in [0.05, 0.1) is 11.4 Å². The molecule has 1 N–H and O–H groups in total. The first-order valence-electron chi connectivity index (χ1n) is 8.37. The van der Waals surface area contributed by atoms with Gasteiger partial charge in [-0.2, -0.15) is 8.78 Å². The van der Waals surface area contributed by atoms with Crippen molar-refractivity contribution in [2.45, 2.75) is 18.7 Å². The number of anilines is 1. The van der Waals surface area contributed by atoms with Gasteiger partial charge in [-0.25, -0.2) is 0 Å². The van der Waals surface area contributed by atoms with E-state index in [0.717, 1.165) is 11.1 Å². The smallest absolute Gasteiger partial charge is 0.387 e. The van der Waals surface area contributed by atoms with E-state index in [1.807, 2.05) is 38.2 Å². The van der Waals surface area contributed by atoms with Gasteiger partial charge in [-0.3, -0.25) is 4.79 Å². The third kappa shape index (κ3) is 4.86. The largest absolute Gasteiger partial charge is 0.433 e. The Balaban J connectivity index is 1.64. The molecular weight excluding hydrogens is 386 g/mol. The summed E-state index contributed by atoms with van der Waals surface area (Å²) in [6.45, 7) is -0.962. The minimum Gasteiger partial charge on any atom is -0.433 e. The molecule has 28 heavy (non-hydrogen) atoms. The minimum atomic E-state index is -2.97. The number of carbonyl (C=O) groups is 1. The van der Waals surface area contributed by atoms with Crippen LogP contribution in [0.5, 0.6) is 5.75 Å². The van der Waals surface area contributed by atoms with E-state index in [-0.39, 0.29) is 23.1 Å². The quantitative estimate of drug-likeness (QED) is 0.600. The van der Waals surface area contributed by atoms with E-state index in [0.29, 0.717) is 11.0 Å². The first-order chi connectivity index (χ1) is 13.4. The molecule has 1 aromatic heterocycles. The van der Waals surface area contributed by atoms with Crippen molar-refractivity contribution in [3.8, 4) is 17.1 Å². The molecule has 0 aliphatic heterocycles. The molecule has 146 valence electrons. The SMILES string of the molecule is Cc1ccc(-c2nnc(SCC(=O)Nc3ccccc3OC(F)F)n2C)cc1. The molecule has 0 radical (unpaired) electrons. The van der Waals surface area contributed by atoms with Gasteiger partial charge in [-0.15, -0.1) is 10.2 Å². The lowest BCUT2D eigenvalue weighted by atomic mass is 10.1. The molecular formula is C19H18F2N4O2S. The van der Waals surface area contributed by atoms with Crippen molar-refractivity contribution in [2.24, 2.45) is 7.05 Å². The standard InChI is InChI=1S/C19H18F2N4O2S/c1-12-7-9-13(10-8-12)17-23-24-19(25(17)2)28-11-16(26)22-14-5-3-4-6-15(14)27-18(20)21/h3-10,18H,11H2,1-2H3,(H,22,26). The van der Waals surface area contributed by atoms with Crippen LogP contribution >= 0.6 is 11.8 Å². The maximum absolute atomic E-state index is 12.5. The molecule has 0 spiro atoms. The van der Waals surface area contributed by atoms with E-state index in [2.05, 4.69) is 20.3 Å². The minimum absolute atomic E-state index is 0.0445. The molecule has 1 amide bonds. The average Bonchev–Trinajstić information content (AvgIpc) is 3.02. The number of ether oxygens (including phenoxy) is 1. The van der Waals surface area contributed by atoms with Gasteiger partial charge in [0, 0.05) is 12.6 Å². The van der Waals surface area contributed by atoms with Crippen molar-refractivity contribution in [3.63, 3.8) is 0 Å². The van der Waals surface area contributed by atoms with Crippen LogP contribution < -0.4 is 10.1 Å². The number of para-hydroxylation sites is 2. The van der Waals surface area contributed by atoms with Gasteiger partial charge >= 0.3 is 6.61 Å². The molecule has 0 unspecified atom stereocenters. The maximum Gasteiger partial charge on any atom is 0.387 e. The third-order valence-corrected chi connectivity index (χ3v) is 4.87. The Labute approximate surface area is 164 Å². The van der Waals surface area contributed by atoms with Crippen molar-refractivity contribution < 1.29 is 18.3 Å². The fourth-order valence-electron chi connectivity index (χ4n) is 2.48. The van der Waals surface area contributed by atoms with Crippen LogP contribution in [0.2, 0.25) is 0 Å². The highest BCUT2D eigenvalue weighted by molar-refractivity contribution is 7.99. The number of aromatic nitrogens is 3. The van der Waals surface area contributed by atoms with Crippen molar-refractivity contribution in [3.05, 3.63) is 54.1 Å². The summed E-state index contributed by atoms with van der Waals surface area (Å²) in [6.07, 6.45) is 0. The molecule has 0 atom stereocenters. The Morgan fingerprint density at radius 2 is 1.89 bits per heavy atom. The van der Waals surface area contributed by atoms with Crippen LogP contribution in [0.25, 0.3) is 11.4 Å². The lowest BCUT2D eigenvalue weighted by Gasteiger charge is -2.11. The molecule has 1 heterocycles. The van der Waals surface area contributed by atoms with E-state index in [9.17, 15) is 13.6 Å². The van der Waals surface area contributed by atoms with E-state index in [1.54, 1.807) is 16.7 Å². The molecule has 0 fully saturated rings. The van der Waals surface area contributed by atoms with Crippen LogP contribution in [0.4, 0.5) is 14.5 Å². The number of carbonyl (C=O) groups excluding carboxylic acids is 1. The summed E-state index contributed by atoms with van der Waals surface area (Å²) in [4.78, 5) is 12.2. The van der Waals surface area contributed by atoms with Crippen LogP contribution in [0.15, 0.2) is 53.7 Å². The Kier molecular flexibility index (Phi) is 6.25. The highest BCUT2D eigenvalue weighted by Crippen LogP contribution is 2.27. The van der Waals surface area contributed by atoms with Gasteiger partial charge in [0.15, 0.2) is 11.0 Å². The number of rotatable bonds is 7. The first kappa shape index (κ1) is 19.8. The Hall–Kier alpha value is -2.94. The predicted molar refractivity (Wildman–Crippen MR) is 104 cm³/mol. The maximum atomic E-state index is 12.5. The van der Waals surface area contributed by atoms with Crippen LogP contribution in [0.1, 0.15) is 5.56 Å². The number of nitrogens with zero attached hydrogens (tertiary/aromatic N) is 3. The molecule has 0 aliphatic carbocycles. The second kappa shape index (κ2) is 8.83. The number of thioether (sulfide) groups is 1. The number of halogens is 2. The lowest BCUT2D eigenvalue weighted by molar-refractivity contribution is -0.113. The van der Waals surface area contributed by atoms with E-state index >= 15 is 0 Å². The fourth-order valence-corrected chi connectivity index (χ4v) is 3.19. The lowest BCUT2D eigenvalue weighted by Crippen LogP contribution is -2.16. The molecule has 0 saturated carbocycles. The molecule has 0 aliphatic rings. The van der Waals surface area contributed by atoms with Crippen LogP contribution in [0, 0.1) is 6.92 Å². The topological polar surface area (TPSA) is 69.0 Å². The number of aryl methyl sites for hydroxylation is 1. The summed E-state index contributed by atoms with van der Waals surface area (Å²) in [5.41, 5.74) is 2.26. The van der Waals surface area contributed by atoms with Gasteiger partial charge in [-0.05, 0) is 19.1 Å². The van der Waals surface area contributed by atoms with Gasteiger partial charge < -0.3 is 14.6 Å². The van der Waals surface area contributed by atoms with Crippen molar-refractivity contribution in [2.75, 3.05) is 11.1 Å². The Morgan fingerprint density at radius 1 is 1.18 bits per heavy atom. The summed E-state index contributed by atoms with van der Waals surface area (Å²) in [5, 5.41) is 11.5. The monoisotopic (exact) mass is 404 g/mol. The highest BCUT2D eigenvalue weighted by Gasteiger charge is 2.15. The number of hydrogen-bond donors (Lipinski definition) is 1. The van der Waals surface area contributed by atoms with E-state index < -0.39 is 6.61 Å². The predicted octanol–water partition coefficient (Wildman–Crippen LogP) is 4.12. The summed E-state index contributed by atoms with van der Waals surface area (Å²) in [5.74, 6) is 0.285. The van der Waals surface area contributed by atoms with Gasteiger partial charge in [0.2, 0.25) is 5.91 Å². The molecule has 0 bridgehead atoms. The van der Waals surface area contributed by atoms with Crippen molar-refractivity contribution in [1.82, 2.24) is 14.8 Å². The molecule has 0 saturated heterocycles. The zero-order chi connectivity index (χ0) is 20.1. The number of benzene rings is 2. The zero-order valence-electron chi connectivity index (χ0n) is 15.2. The number of hydrogen-bond acceptors (Lipinski definition) is 5. The van der Waals surface area contributed by atoms with Crippen molar-refractivity contribution >= 4 is 23.4 Å². The molecule has 9 heteroatoms. The van der Waals surface area contributed by atoms with E-state index in [4.69, 9.17) is 0 Å². The summed E-state index contributed by atoms with van der Waals surface area (Å²) in [7, 11) is 1.82. The Bertz CT molecular complexity index is 961. The van der Waals surface area contributed by atoms with Gasteiger partial charge in [0.25, 0.3) is 0 Å². The van der Waals surface area contributed by atoms with Gasteiger partial charge in [0.1, 0.15) is 5.75 Å². The van der Waals surface area contributed by atoms with E-state index in [1.165, 1.54) is 23.9 Å². The third-order valence-electron chi connectivity index (χ3n) is 3.85. The summed E-state index contributed by atoms with van der Waals surface area (Å²) < 4.78 is 31.1. The molecule has 6 nitrogen and oxygen atoms in total. The zero-order valence-corrected chi connectivity index (χ0v) is 16.0.